The van der Waals surface area contributed by atoms with E-state index in [9.17, 15) is 4.79 Å². The van der Waals surface area contributed by atoms with Crippen molar-refractivity contribution in [2.75, 3.05) is 11.9 Å². The Labute approximate surface area is 125 Å². The van der Waals surface area contributed by atoms with Gasteiger partial charge in [-0.2, -0.15) is 0 Å². The van der Waals surface area contributed by atoms with Crippen molar-refractivity contribution in [3.8, 4) is 0 Å². The van der Waals surface area contributed by atoms with E-state index in [4.69, 9.17) is 0 Å². The van der Waals surface area contributed by atoms with E-state index in [1.54, 1.807) is 0 Å². The average Bonchev–Trinajstić information content (AvgIpc) is 2.48. The van der Waals surface area contributed by atoms with Crippen LogP contribution < -0.4 is 5.32 Å². The van der Waals surface area contributed by atoms with Crippen LogP contribution in [0.2, 0.25) is 0 Å². The summed E-state index contributed by atoms with van der Waals surface area (Å²) < 4.78 is 0. The monoisotopic (exact) mass is 325 g/mol. The van der Waals surface area contributed by atoms with Crippen LogP contribution in [0.15, 0.2) is 30.3 Å². The summed E-state index contributed by atoms with van der Waals surface area (Å²) in [4.78, 5) is 11.9. The molecule has 1 aromatic carbocycles. The molecule has 1 N–H and O–H groups in total. The van der Waals surface area contributed by atoms with E-state index in [-0.39, 0.29) is 11.3 Å². The molecule has 2 nitrogen and oxygen atoms in total. The van der Waals surface area contributed by atoms with Crippen molar-refractivity contribution < 1.29 is 4.79 Å². The second-order valence-electron chi connectivity index (χ2n) is 5.10. The fourth-order valence-electron chi connectivity index (χ4n) is 2.01. The molecule has 19 heavy (non-hydrogen) atoms. The third-order valence-corrected chi connectivity index (χ3v) is 5.12. The minimum Gasteiger partial charge on any atom is -0.356 e. The first-order valence-electron chi connectivity index (χ1n) is 7.02. The summed E-state index contributed by atoms with van der Waals surface area (Å²) in [5, 5.41) is 4.01. The van der Waals surface area contributed by atoms with Crippen LogP contribution in [-0.2, 0) is 11.2 Å². The van der Waals surface area contributed by atoms with Crippen LogP contribution in [0.1, 0.15) is 38.7 Å². The van der Waals surface area contributed by atoms with E-state index in [1.807, 2.05) is 18.2 Å². The van der Waals surface area contributed by atoms with Gasteiger partial charge < -0.3 is 5.32 Å². The van der Waals surface area contributed by atoms with Gasteiger partial charge in [0.25, 0.3) is 0 Å². The van der Waals surface area contributed by atoms with Gasteiger partial charge in [-0.3, -0.25) is 4.79 Å². The predicted molar refractivity (Wildman–Crippen MR) is 84.6 cm³/mol. The van der Waals surface area contributed by atoms with E-state index >= 15 is 0 Å². The second kappa shape index (κ2) is 8.36. The van der Waals surface area contributed by atoms with Gasteiger partial charge in [-0.25, -0.2) is 0 Å². The highest BCUT2D eigenvalue weighted by Gasteiger charge is 2.25. The minimum atomic E-state index is 0.149. The highest BCUT2D eigenvalue weighted by molar-refractivity contribution is 9.09. The summed E-state index contributed by atoms with van der Waals surface area (Å²) in [5.74, 6) is 0.149. The average molecular weight is 326 g/mol. The number of alkyl halides is 1. The molecule has 0 spiro atoms. The van der Waals surface area contributed by atoms with Crippen LogP contribution in [0.4, 0.5) is 0 Å². The third kappa shape index (κ3) is 5.35. The Hall–Kier alpha value is -0.830. The number of carbonyl (C=O) groups excluding carboxylic acids is 1. The van der Waals surface area contributed by atoms with Gasteiger partial charge in [0.2, 0.25) is 5.91 Å². The smallest absolute Gasteiger partial charge is 0.220 e. The van der Waals surface area contributed by atoms with Crippen molar-refractivity contribution in [2.24, 2.45) is 5.41 Å². The number of hydrogen-bond donors (Lipinski definition) is 1. The van der Waals surface area contributed by atoms with Crippen LogP contribution in [-0.4, -0.2) is 17.8 Å². The number of rotatable bonds is 8. The number of aryl methyl sites for hydroxylation is 1. The highest BCUT2D eigenvalue weighted by atomic mass is 79.9. The maximum absolute atomic E-state index is 11.9. The molecule has 0 heterocycles. The molecule has 1 aromatic rings. The van der Waals surface area contributed by atoms with Gasteiger partial charge in [0, 0.05) is 18.3 Å². The number of halogens is 1. The quantitative estimate of drug-likeness (QED) is 0.721. The van der Waals surface area contributed by atoms with Crippen molar-refractivity contribution >= 4 is 21.8 Å². The largest absolute Gasteiger partial charge is 0.356 e. The first-order valence-corrected chi connectivity index (χ1v) is 8.14. The zero-order valence-electron chi connectivity index (χ0n) is 11.9. The Morgan fingerprint density at radius 2 is 1.84 bits per heavy atom. The van der Waals surface area contributed by atoms with Gasteiger partial charge in [-0.05, 0) is 30.2 Å². The molecule has 0 radical (unpaired) electrons. The zero-order valence-corrected chi connectivity index (χ0v) is 13.5. The molecule has 0 saturated heterocycles. The summed E-state index contributed by atoms with van der Waals surface area (Å²) in [6.45, 7) is 5.13. The fraction of sp³-hybridized carbons (Fsp3) is 0.562. The third-order valence-electron chi connectivity index (χ3n) is 3.93. The molecule has 0 aliphatic carbocycles. The molecule has 1 amide bonds. The molecule has 0 aliphatic rings. The Balaban J connectivity index is 2.35. The first-order chi connectivity index (χ1) is 9.15. The summed E-state index contributed by atoms with van der Waals surface area (Å²) >= 11 is 3.57. The fourth-order valence-corrected chi connectivity index (χ4v) is 3.00. The molecular weight excluding hydrogens is 302 g/mol. The number of amides is 1. The summed E-state index contributed by atoms with van der Waals surface area (Å²) in [6, 6.07) is 10.1. The Kier molecular flexibility index (Phi) is 7.14. The standard InChI is InChI=1S/C16H24BrNO/c1-3-16(4-2,12-17)13-18-15(19)11-10-14-8-6-5-7-9-14/h5-9H,3-4,10-13H2,1-2H3,(H,18,19). The van der Waals surface area contributed by atoms with Crippen LogP contribution in [0.3, 0.4) is 0 Å². The molecule has 106 valence electrons. The Morgan fingerprint density at radius 3 is 2.37 bits per heavy atom. The van der Waals surface area contributed by atoms with E-state index in [0.717, 1.165) is 31.1 Å². The van der Waals surface area contributed by atoms with Gasteiger partial charge in [0.05, 0.1) is 0 Å². The Bertz CT molecular complexity index is 365. The van der Waals surface area contributed by atoms with Crippen LogP contribution >= 0.6 is 15.9 Å². The second-order valence-corrected chi connectivity index (χ2v) is 5.66. The lowest BCUT2D eigenvalue weighted by Gasteiger charge is -2.29. The van der Waals surface area contributed by atoms with Crippen molar-refractivity contribution in [2.45, 2.75) is 39.5 Å². The molecule has 0 aliphatic heterocycles. The number of nitrogens with one attached hydrogen (secondary N) is 1. The van der Waals surface area contributed by atoms with E-state index in [1.165, 1.54) is 5.56 Å². The maximum Gasteiger partial charge on any atom is 0.220 e. The van der Waals surface area contributed by atoms with Crippen LogP contribution in [0.5, 0.6) is 0 Å². The van der Waals surface area contributed by atoms with Gasteiger partial charge in [-0.15, -0.1) is 0 Å². The number of hydrogen-bond acceptors (Lipinski definition) is 1. The molecule has 0 atom stereocenters. The van der Waals surface area contributed by atoms with Crippen LogP contribution in [0, 0.1) is 5.41 Å². The lowest BCUT2D eigenvalue weighted by atomic mass is 9.84. The van der Waals surface area contributed by atoms with Crippen molar-refractivity contribution in [3.63, 3.8) is 0 Å². The van der Waals surface area contributed by atoms with Crippen molar-refractivity contribution in [1.29, 1.82) is 0 Å². The normalized spacial score (nSPS) is 11.3. The predicted octanol–water partition coefficient (Wildman–Crippen LogP) is 3.94. The molecule has 1 rings (SSSR count). The molecule has 0 fully saturated rings. The molecule has 0 aromatic heterocycles. The van der Waals surface area contributed by atoms with Crippen molar-refractivity contribution in [1.82, 2.24) is 5.32 Å². The molecule has 0 saturated carbocycles. The molecule has 0 bridgehead atoms. The van der Waals surface area contributed by atoms with Gasteiger partial charge in [0.15, 0.2) is 0 Å². The zero-order chi connectivity index (χ0) is 14.1. The molecule has 0 unspecified atom stereocenters. The lowest BCUT2D eigenvalue weighted by molar-refractivity contribution is -0.121. The van der Waals surface area contributed by atoms with E-state index in [2.05, 4.69) is 47.2 Å². The minimum absolute atomic E-state index is 0.149. The SMILES string of the molecule is CCC(CC)(CBr)CNC(=O)CCc1ccccc1. The number of carbonyl (C=O) groups is 1. The van der Waals surface area contributed by atoms with Gasteiger partial charge in [0.1, 0.15) is 0 Å². The maximum atomic E-state index is 11.9. The van der Waals surface area contributed by atoms with E-state index in [0.29, 0.717) is 6.42 Å². The van der Waals surface area contributed by atoms with E-state index < -0.39 is 0 Å². The highest BCUT2D eigenvalue weighted by Crippen LogP contribution is 2.27. The first kappa shape index (κ1) is 16.2. The summed E-state index contributed by atoms with van der Waals surface area (Å²) in [7, 11) is 0. The van der Waals surface area contributed by atoms with Gasteiger partial charge >= 0.3 is 0 Å². The number of benzene rings is 1. The Morgan fingerprint density at radius 1 is 1.21 bits per heavy atom. The summed E-state index contributed by atoms with van der Waals surface area (Å²) in [5.41, 5.74) is 1.41. The summed E-state index contributed by atoms with van der Waals surface area (Å²) in [6.07, 6.45) is 3.53. The lowest BCUT2D eigenvalue weighted by Crippen LogP contribution is -2.38. The molecule has 3 heteroatoms. The van der Waals surface area contributed by atoms with Gasteiger partial charge in [-0.1, -0.05) is 60.1 Å². The van der Waals surface area contributed by atoms with Crippen molar-refractivity contribution in [3.05, 3.63) is 35.9 Å². The van der Waals surface area contributed by atoms with Crippen LogP contribution in [0.25, 0.3) is 0 Å². The topological polar surface area (TPSA) is 29.1 Å². The molecular formula is C16H24BrNO.